The first kappa shape index (κ1) is 9.99. The fraction of sp³-hybridized carbons (Fsp3) is 0.231. The first-order valence-corrected chi connectivity index (χ1v) is 5.30. The number of hydrogen-bond acceptors (Lipinski definition) is 1. The van der Waals surface area contributed by atoms with Gasteiger partial charge in [0.15, 0.2) is 0 Å². The molecule has 2 nitrogen and oxygen atoms in total. The molecule has 0 amide bonds. The lowest BCUT2D eigenvalue weighted by molar-refractivity contribution is 0.699. The first-order valence-electron chi connectivity index (χ1n) is 5.30. The van der Waals surface area contributed by atoms with Crippen molar-refractivity contribution in [3.63, 3.8) is 0 Å². The molecule has 0 aliphatic carbocycles. The van der Waals surface area contributed by atoms with Gasteiger partial charge < -0.3 is 10.7 Å². The molecule has 1 aromatic carbocycles. The minimum Gasteiger partial charge on any atom is -0.361 e. The Kier molecular flexibility index (Phi) is 2.88. The highest BCUT2D eigenvalue weighted by molar-refractivity contribution is 5.60. The Morgan fingerprint density at radius 3 is 2.80 bits per heavy atom. The monoisotopic (exact) mass is 200 g/mol. The molecular weight excluding hydrogens is 184 g/mol. The zero-order chi connectivity index (χ0) is 10.7. The highest BCUT2D eigenvalue weighted by Crippen LogP contribution is 2.22. The van der Waals surface area contributed by atoms with Crippen LogP contribution in [-0.4, -0.2) is 4.98 Å². The van der Waals surface area contributed by atoms with Gasteiger partial charge >= 0.3 is 0 Å². The van der Waals surface area contributed by atoms with Crippen LogP contribution >= 0.6 is 0 Å². The molecule has 78 valence electrons. The maximum Gasteiger partial charge on any atom is 0.0453 e. The van der Waals surface area contributed by atoms with Gasteiger partial charge in [0.25, 0.3) is 0 Å². The second-order valence-corrected chi connectivity index (χ2v) is 3.72. The van der Waals surface area contributed by atoms with Gasteiger partial charge in [-0.1, -0.05) is 25.1 Å². The third-order valence-electron chi connectivity index (χ3n) is 2.66. The largest absolute Gasteiger partial charge is 0.361 e. The molecule has 3 N–H and O–H groups in total. The van der Waals surface area contributed by atoms with Gasteiger partial charge in [0.05, 0.1) is 0 Å². The zero-order valence-electron chi connectivity index (χ0n) is 8.90. The van der Waals surface area contributed by atoms with Gasteiger partial charge in [-0.15, -0.1) is 0 Å². The number of rotatable bonds is 3. The minimum atomic E-state index is 0.139. The van der Waals surface area contributed by atoms with Crippen molar-refractivity contribution in [2.75, 3.05) is 0 Å². The second-order valence-electron chi connectivity index (χ2n) is 3.72. The van der Waals surface area contributed by atoms with Crippen molar-refractivity contribution in [3.8, 4) is 11.3 Å². The van der Waals surface area contributed by atoms with Crippen molar-refractivity contribution in [3.05, 3.63) is 48.2 Å². The smallest absolute Gasteiger partial charge is 0.0453 e. The summed E-state index contributed by atoms with van der Waals surface area (Å²) in [5.74, 6) is 0. The van der Waals surface area contributed by atoms with Crippen molar-refractivity contribution in [1.82, 2.24) is 4.98 Å². The molecule has 0 saturated carbocycles. The average Bonchev–Trinajstić information content (AvgIpc) is 2.82. The lowest BCUT2D eigenvalue weighted by Crippen LogP contribution is -2.08. The zero-order valence-corrected chi connectivity index (χ0v) is 8.90. The number of benzene rings is 1. The van der Waals surface area contributed by atoms with Crippen molar-refractivity contribution in [2.24, 2.45) is 5.73 Å². The molecule has 2 rings (SSSR count). The molecule has 0 radical (unpaired) electrons. The lowest BCUT2D eigenvalue weighted by atomic mass is 10.0. The summed E-state index contributed by atoms with van der Waals surface area (Å²) in [7, 11) is 0. The molecule has 0 fully saturated rings. The molecular formula is C13H16N2. The first-order chi connectivity index (χ1) is 7.31. The van der Waals surface area contributed by atoms with E-state index in [4.69, 9.17) is 5.73 Å². The normalized spacial score (nSPS) is 12.7. The molecule has 1 atom stereocenters. The average molecular weight is 200 g/mol. The molecule has 0 aliphatic rings. The van der Waals surface area contributed by atoms with E-state index in [-0.39, 0.29) is 6.04 Å². The minimum absolute atomic E-state index is 0.139. The quantitative estimate of drug-likeness (QED) is 0.785. The highest BCUT2D eigenvalue weighted by Gasteiger charge is 2.04. The molecule has 0 aliphatic heterocycles. The third-order valence-corrected chi connectivity index (χ3v) is 2.66. The Morgan fingerprint density at radius 2 is 2.13 bits per heavy atom. The molecule has 15 heavy (non-hydrogen) atoms. The van der Waals surface area contributed by atoms with E-state index >= 15 is 0 Å². The molecule has 0 bridgehead atoms. The van der Waals surface area contributed by atoms with Crippen LogP contribution in [0.1, 0.15) is 24.9 Å². The summed E-state index contributed by atoms with van der Waals surface area (Å²) >= 11 is 0. The van der Waals surface area contributed by atoms with Crippen LogP contribution in [-0.2, 0) is 0 Å². The summed E-state index contributed by atoms with van der Waals surface area (Å²) in [6.07, 6.45) is 2.90. The molecule has 2 aromatic rings. The van der Waals surface area contributed by atoms with E-state index in [0.29, 0.717) is 0 Å². The standard InChI is InChI=1S/C13H16N2/c1-2-12(14)10-5-3-6-11(9-10)13-7-4-8-15-13/h3-9,12,15H,2,14H2,1H3. The predicted octanol–water partition coefficient (Wildman–Crippen LogP) is 3.09. The van der Waals surface area contributed by atoms with Gasteiger partial charge in [-0.2, -0.15) is 0 Å². The Labute approximate surface area is 90.1 Å². The van der Waals surface area contributed by atoms with Crippen LogP contribution in [0.25, 0.3) is 11.3 Å². The summed E-state index contributed by atoms with van der Waals surface area (Å²) in [5.41, 5.74) is 9.54. The van der Waals surface area contributed by atoms with Gasteiger partial charge in [0.2, 0.25) is 0 Å². The highest BCUT2D eigenvalue weighted by atomic mass is 14.7. The molecule has 1 heterocycles. The van der Waals surface area contributed by atoms with Gasteiger partial charge in [-0.25, -0.2) is 0 Å². The van der Waals surface area contributed by atoms with Crippen molar-refractivity contribution in [1.29, 1.82) is 0 Å². The van der Waals surface area contributed by atoms with E-state index in [0.717, 1.165) is 12.1 Å². The topological polar surface area (TPSA) is 41.8 Å². The Morgan fingerprint density at radius 1 is 1.27 bits per heavy atom. The SMILES string of the molecule is CCC(N)c1cccc(-c2ccc[nH]2)c1. The third kappa shape index (κ3) is 2.10. The fourth-order valence-corrected chi connectivity index (χ4v) is 1.68. The summed E-state index contributed by atoms with van der Waals surface area (Å²) in [6.45, 7) is 2.10. The van der Waals surface area contributed by atoms with Crippen LogP contribution < -0.4 is 5.73 Å². The van der Waals surface area contributed by atoms with Crippen LogP contribution in [0, 0.1) is 0 Å². The number of aromatic amines is 1. The van der Waals surface area contributed by atoms with Gasteiger partial charge in [0, 0.05) is 17.9 Å². The van der Waals surface area contributed by atoms with E-state index < -0.39 is 0 Å². The van der Waals surface area contributed by atoms with Crippen molar-refractivity contribution < 1.29 is 0 Å². The Bertz CT molecular complexity index is 418. The van der Waals surface area contributed by atoms with Crippen LogP contribution in [0.15, 0.2) is 42.6 Å². The Hall–Kier alpha value is -1.54. The summed E-state index contributed by atoms with van der Waals surface area (Å²) in [4.78, 5) is 3.20. The van der Waals surface area contributed by atoms with E-state index in [1.807, 2.05) is 12.3 Å². The van der Waals surface area contributed by atoms with Gasteiger partial charge in [-0.3, -0.25) is 0 Å². The van der Waals surface area contributed by atoms with E-state index in [1.54, 1.807) is 0 Å². The van der Waals surface area contributed by atoms with Gasteiger partial charge in [0.1, 0.15) is 0 Å². The molecule has 0 spiro atoms. The van der Waals surface area contributed by atoms with Crippen molar-refractivity contribution >= 4 is 0 Å². The maximum absolute atomic E-state index is 6.01. The van der Waals surface area contributed by atoms with Crippen LogP contribution in [0.4, 0.5) is 0 Å². The van der Waals surface area contributed by atoms with Crippen LogP contribution in [0.2, 0.25) is 0 Å². The second kappa shape index (κ2) is 4.32. The molecule has 1 aromatic heterocycles. The lowest BCUT2D eigenvalue weighted by Gasteiger charge is -2.10. The predicted molar refractivity (Wildman–Crippen MR) is 63.4 cm³/mol. The molecule has 1 unspecified atom stereocenters. The number of H-pyrrole nitrogens is 1. The van der Waals surface area contributed by atoms with Crippen LogP contribution in [0.3, 0.4) is 0 Å². The summed E-state index contributed by atoms with van der Waals surface area (Å²) in [6, 6.07) is 12.6. The van der Waals surface area contributed by atoms with E-state index in [9.17, 15) is 0 Å². The molecule has 2 heteroatoms. The number of nitrogens with one attached hydrogen (secondary N) is 1. The Balaban J connectivity index is 2.35. The van der Waals surface area contributed by atoms with E-state index in [1.165, 1.54) is 11.1 Å². The van der Waals surface area contributed by atoms with E-state index in [2.05, 4.69) is 42.2 Å². The maximum atomic E-state index is 6.01. The van der Waals surface area contributed by atoms with Crippen molar-refractivity contribution in [2.45, 2.75) is 19.4 Å². The van der Waals surface area contributed by atoms with Crippen LogP contribution in [0.5, 0.6) is 0 Å². The number of hydrogen-bond donors (Lipinski definition) is 2. The number of aromatic nitrogens is 1. The number of nitrogens with two attached hydrogens (primary N) is 1. The summed E-state index contributed by atoms with van der Waals surface area (Å²) in [5, 5.41) is 0. The van der Waals surface area contributed by atoms with Gasteiger partial charge in [-0.05, 0) is 35.7 Å². The molecule has 0 saturated heterocycles. The summed E-state index contributed by atoms with van der Waals surface area (Å²) < 4.78 is 0. The fourth-order valence-electron chi connectivity index (χ4n) is 1.68.